The molecule has 0 bridgehead atoms. The highest BCUT2D eigenvalue weighted by molar-refractivity contribution is 5.91. The number of carbonyl (C=O) groups is 1. The van der Waals surface area contributed by atoms with Gasteiger partial charge in [-0.05, 0) is 42.0 Å². The topological polar surface area (TPSA) is 260 Å². The summed E-state index contributed by atoms with van der Waals surface area (Å²) >= 11 is 0. The molecule has 5 atom stereocenters. The van der Waals surface area contributed by atoms with Crippen LogP contribution in [0.4, 0.5) is 0 Å². The third kappa shape index (κ3) is 7.30. The number of aliphatic hydroxyl groups is 3. The molecular formula is C33H33NO14. The quantitative estimate of drug-likeness (QED) is 0.0641. The molecule has 5 unspecified atom stereocenters. The van der Waals surface area contributed by atoms with Gasteiger partial charge in [-0.1, -0.05) is 6.07 Å². The van der Waals surface area contributed by atoms with Crippen LogP contribution < -0.4 is 10.7 Å². The molecule has 15 nitrogen and oxygen atoms in total. The van der Waals surface area contributed by atoms with E-state index in [1.807, 2.05) is 0 Å². The zero-order valence-electron chi connectivity index (χ0n) is 25.1. The number of rotatable bonds is 10. The molecule has 48 heavy (non-hydrogen) atoms. The Morgan fingerprint density at radius 2 is 1.50 bits per heavy atom. The van der Waals surface area contributed by atoms with Crippen molar-refractivity contribution < 1.29 is 64.6 Å². The van der Waals surface area contributed by atoms with Crippen molar-refractivity contribution in [3.05, 3.63) is 76.0 Å². The third-order valence-electron chi connectivity index (χ3n) is 7.76. The van der Waals surface area contributed by atoms with Gasteiger partial charge in [0.25, 0.3) is 0 Å². The van der Waals surface area contributed by atoms with E-state index in [0.29, 0.717) is 5.56 Å². The normalized spacial score (nSPS) is 21.1. The van der Waals surface area contributed by atoms with E-state index >= 15 is 0 Å². The van der Waals surface area contributed by atoms with E-state index in [9.17, 15) is 55.5 Å². The van der Waals surface area contributed by atoms with Crippen molar-refractivity contribution >= 4 is 23.0 Å². The number of phenols is 6. The molecule has 0 saturated carbocycles. The van der Waals surface area contributed by atoms with Crippen molar-refractivity contribution in [1.82, 2.24) is 5.32 Å². The minimum atomic E-state index is -1.72. The molecule has 15 heteroatoms. The van der Waals surface area contributed by atoms with Crippen LogP contribution in [0.15, 0.2) is 63.8 Å². The van der Waals surface area contributed by atoms with Crippen LogP contribution in [0.25, 0.3) is 28.4 Å². The van der Waals surface area contributed by atoms with Gasteiger partial charge in [0.2, 0.25) is 5.91 Å². The zero-order valence-corrected chi connectivity index (χ0v) is 25.1. The highest BCUT2D eigenvalue weighted by Gasteiger charge is 2.44. The number of amides is 1. The molecule has 0 spiro atoms. The molecule has 4 aromatic rings. The maximum atomic E-state index is 13.7. The Hall–Kier alpha value is -5.32. The van der Waals surface area contributed by atoms with E-state index in [1.54, 1.807) is 0 Å². The average Bonchev–Trinajstić information content (AvgIpc) is 3.04. The molecule has 10 N–H and O–H groups in total. The lowest BCUT2D eigenvalue weighted by molar-refractivity contribution is -0.231. The minimum Gasteiger partial charge on any atom is -0.508 e. The second-order valence-corrected chi connectivity index (χ2v) is 11.1. The molecule has 1 saturated heterocycles. The van der Waals surface area contributed by atoms with Crippen LogP contribution in [-0.4, -0.2) is 102 Å². The van der Waals surface area contributed by atoms with Gasteiger partial charge in [0, 0.05) is 42.3 Å². The van der Waals surface area contributed by atoms with Crippen LogP contribution in [-0.2, 0) is 20.7 Å². The van der Waals surface area contributed by atoms with Crippen molar-refractivity contribution in [1.29, 1.82) is 0 Å². The standard InChI is InChI=1S/C33H33NO14/c35-17-11-23(40)28-24(12-17)48-33(16-3-5-20(37)22(39)10-16)18(29(28)42)13-25-30(43)32(45)31(44)26(47-25)14-46-8-7-34-27(41)6-2-15-1-4-19(36)21(38)9-15/h1-6,9-12,25-26,30-32,35-40,43-45H,7-8,13-14H2,(H,34,41)/b6-2+. The molecule has 1 aliphatic rings. The summed E-state index contributed by atoms with van der Waals surface area (Å²) in [6.45, 7) is -0.281. The molecule has 1 aromatic heterocycles. The SMILES string of the molecule is O=C(/C=C/c1ccc(O)c(O)c1)NCCOCC1OC(Cc2c(-c3ccc(O)c(O)c3)oc3cc(O)cc(O)c3c2=O)C(O)C(O)C1O. The average molecular weight is 668 g/mol. The lowest BCUT2D eigenvalue weighted by Crippen LogP contribution is -2.59. The molecule has 1 fully saturated rings. The van der Waals surface area contributed by atoms with Crippen molar-refractivity contribution in [3.8, 4) is 45.8 Å². The highest BCUT2D eigenvalue weighted by Crippen LogP contribution is 2.37. The van der Waals surface area contributed by atoms with E-state index < -0.39 is 71.3 Å². The molecule has 1 aliphatic heterocycles. The number of aromatic hydroxyl groups is 6. The van der Waals surface area contributed by atoms with Crippen LogP contribution in [0.2, 0.25) is 0 Å². The summed E-state index contributed by atoms with van der Waals surface area (Å²) in [7, 11) is 0. The molecule has 0 radical (unpaired) electrons. The van der Waals surface area contributed by atoms with Gasteiger partial charge in [0.15, 0.2) is 28.4 Å². The van der Waals surface area contributed by atoms with Crippen molar-refractivity contribution in [2.24, 2.45) is 0 Å². The highest BCUT2D eigenvalue weighted by atomic mass is 16.6. The van der Waals surface area contributed by atoms with Crippen LogP contribution in [0.3, 0.4) is 0 Å². The van der Waals surface area contributed by atoms with Gasteiger partial charge in [0.05, 0.1) is 19.3 Å². The first-order valence-electron chi connectivity index (χ1n) is 14.6. The fourth-order valence-electron chi connectivity index (χ4n) is 5.26. The zero-order chi connectivity index (χ0) is 34.7. The summed E-state index contributed by atoms with van der Waals surface area (Å²) in [4.78, 5) is 25.8. The van der Waals surface area contributed by atoms with Gasteiger partial charge < -0.3 is 65.2 Å². The Balaban J connectivity index is 1.29. The van der Waals surface area contributed by atoms with Crippen LogP contribution in [0.5, 0.6) is 34.5 Å². The van der Waals surface area contributed by atoms with Gasteiger partial charge >= 0.3 is 0 Å². The molecular weight excluding hydrogens is 634 g/mol. The Morgan fingerprint density at radius 1 is 0.812 bits per heavy atom. The Kier molecular flexibility index (Phi) is 10.1. The van der Waals surface area contributed by atoms with Crippen LogP contribution >= 0.6 is 0 Å². The second kappa shape index (κ2) is 14.2. The minimum absolute atomic E-state index is 0.0373. The Labute approximate surface area is 271 Å². The molecule has 5 rings (SSSR count). The molecule has 0 aliphatic carbocycles. The van der Waals surface area contributed by atoms with E-state index in [1.165, 1.54) is 36.4 Å². The van der Waals surface area contributed by atoms with Gasteiger partial charge in [-0.25, -0.2) is 0 Å². The smallest absolute Gasteiger partial charge is 0.244 e. The van der Waals surface area contributed by atoms with E-state index in [4.69, 9.17) is 13.9 Å². The van der Waals surface area contributed by atoms with Gasteiger partial charge in [-0.3, -0.25) is 9.59 Å². The predicted octanol–water partition coefficient (Wildman–Crippen LogP) is 0.932. The molecule has 1 amide bonds. The number of carbonyl (C=O) groups excluding carboxylic acids is 1. The van der Waals surface area contributed by atoms with Crippen LogP contribution in [0.1, 0.15) is 11.1 Å². The molecule has 2 heterocycles. The fourth-order valence-corrected chi connectivity index (χ4v) is 5.26. The first-order chi connectivity index (χ1) is 22.8. The fraction of sp³-hybridized carbons (Fsp3) is 0.273. The maximum absolute atomic E-state index is 13.7. The second-order valence-electron chi connectivity index (χ2n) is 11.1. The number of nitrogens with one attached hydrogen (secondary N) is 1. The monoisotopic (exact) mass is 667 g/mol. The Morgan fingerprint density at radius 3 is 2.21 bits per heavy atom. The van der Waals surface area contributed by atoms with Crippen molar-refractivity contribution in [2.75, 3.05) is 19.8 Å². The lowest BCUT2D eigenvalue weighted by atomic mass is 9.90. The van der Waals surface area contributed by atoms with Crippen molar-refractivity contribution in [2.45, 2.75) is 36.9 Å². The third-order valence-corrected chi connectivity index (χ3v) is 7.76. The number of benzene rings is 3. The predicted molar refractivity (Wildman–Crippen MR) is 168 cm³/mol. The number of fused-ring (bicyclic) bond motifs is 1. The van der Waals surface area contributed by atoms with Crippen LogP contribution in [0, 0.1) is 0 Å². The van der Waals surface area contributed by atoms with E-state index in [2.05, 4.69) is 5.32 Å². The lowest BCUT2D eigenvalue weighted by Gasteiger charge is -2.40. The van der Waals surface area contributed by atoms with Crippen molar-refractivity contribution in [3.63, 3.8) is 0 Å². The molecule has 3 aromatic carbocycles. The first kappa shape index (κ1) is 34.0. The number of ether oxygens (including phenoxy) is 2. The molecule has 254 valence electrons. The summed E-state index contributed by atoms with van der Waals surface area (Å²) < 4.78 is 17.3. The summed E-state index contributed by atoms with van der Waals surface area (Å²) in [6, 6.07) is 9.69. The van der Waals surface area contributed by atoms with E-state index in [-0.39, 0.29) is 59.1 Å². The summed E-state index contributed by atoms with van der Waals surface area (Å²) in [5, 5.41) is 93.5. The summed E-state index contributed by atoms with van der Waals surface area (Å²) in [5.41, 5.74) is -0.531. The first-order valence-corrected chi connectivity index (χ1v) is 14.6. The number of hydrogen-bond acceptors (Lipinski definition) is 14. The summed E-state index contributed by atoms with van der Waals surface area (Å²) in [5.74, 6) is -3.23. The largest absolute Gasteiger partial charge is 0.508 e. The Bertz CT molecular complexity index is 1900. The number of hydrogen-bond donors (Lipinski definition) is 10. The van der Waals surface area contributed by atoms with Gasteiger partial charge in [-0.15, -0.1) is 0 Å². The summed E-state index contributed by atoms with van der Waals surface area (Å²) in [6.07, 6.45) is -5.30. The van der Waals surface area contributed by atoms with E-state index in [0.717, 1.165) is 24.3 Å². The van der Waals surface area contributed by atoms with Gasteiger partial charge in [0.1, 0.15) is 52.6 Å². The number of aliphatic hydroxyl groups excluding tert-OH is 3. The van der Waals surface area contributed by atoms with Gasteiger partial charge in [-0.2, -0.15) is 0 Å². The number of phenolic OH excluding ortho intramolecular Hbond substituents is 6. The maximum Gasteiger partial charge on any atom is 0.244 e.